The molecule has 2 aromatic rings. The number of hydrogen-bond donors (Lipinski definition) is 0. The number of rotatable bonds is 3. The topological polar surface area (TPSA) is 54.8 Å². The van der Waals surface area contributed by atoms with E-state index >= 15 is 0 Å². The first-order valence-corrected chi connectivity index (χ1v) is 8.70. The third-order valence-corrected chi connectivity index (χ3v) is 4.68. The van der Waals surface area contributed by atoms with Crippen molar-refractivity contribution < 1.29 is 27.1 Å². The van der Waals surface area contributed by atoms with E-state index in [4.69, 9.17) is 0 Å². The zero-order valence-corrected chi connectivity index (χ0v) is 15.3. The average molecular weight is 401 g/mol. The molecule has 0 unspecified atom stereocenters. The molecule has 28 heavy (non-hydrogen) atoms. The van der Waals surface area contributed by atoms with Gasteiger partial charge in [-0.3, -0.25) is 9.36 Å². The first-order valence-electron chi connectivity index (χ1n) is 8.70. The molecule has 1 aliphatic rings. The molecule has 152 valence electrons. The molecule has 0 radical (unpaired) electrons. The molecular weight excluding hydrogens is 382 g/mol. The van der Waals surface area contributed by atoms with Crippen molar-refractivity contribution in [1.29, 1.82) is 0 Å². The number of ether oxygens (including phenoxy) is 1. The van der Waals surface area contributed by atoms with Crippen LogP contribution in [0.2, 0.25) is 0 Å². The number of hydrogen-bond acceptors (Lipinski definition) is 5. The van der Waals surface area contributed by atoms with E-state index in [1.807, 2.05) is 11.9 Å². The number of aromatic nitrogens is 1. The summed E-state index contributed by atoms with van der Waals surface area (Å²) in [4.78, 5) is 28.1. The Hall–Kier alpha value is -2.62. The number of halogens is 4. The molecular formula is C18H19F4N3O3. The number of piperazine rings is 1. The largest absolute Gasteiger partial charge is 0.488 e. The van der Waals surface area contributed by atoms with Crippen molar-refractivity contribution >= 4 is 22.6 Å². The van der Waals surface area contributed by atoms with Gasteiger partial charge in [-0.15, -0.1) is 13.2 Å². The summed E-state index contributed by atoms with van der Waals surface area (Å²) in [5.74, 6) is -2.00. The van der Waals surface area contributed by atoms with Crippen molar-refractivity contribution in [1.82, 2.24) is 9.47 Å². The van der Waals surface area contributed by atoms with Gasteiger partial charge in [0.15, 0.2) is 0 Å². The molecule has 0 spiro atoms. The zero-order chi connectivity index (χ0) is 20.6. The van der Waals surface area contributed by atoms with E-state index in [1.54, 1.807) is 4.90 Å². The minimum Gasteiger partial charge on any atom is -0.462 e. The maximum atomic E-state index is 14.7. The summed E-state index contributed by atoms with van der Waals surface area (Å²) in [6.45, 7) is 3.49. The molecule has 1 aromatic carbocycles. The highest BCUT2D eigenvalue weighted by Gasteiger charge is 2.34. The Morgan fingerprint density at radius 1 is 1.18 bits per heavy atom. The number of pyridine rings is 1. The van der Waals surface area contributed by atoms with Crippen LogP contribution in [-0.2, 0) is 11.0 Å². The second-order valence-electron chi connectivity index (χ2n) is 6.54. The van der Waals surface area contributed by atoms with E-state index < -0.39 is 40.0 Å². The van der Waals surface area contributed by atoms with E-state index in [9.17, 15) is 27.2 Å². The quantitative estimate of drug-likeness (QED) is 0.585. The Kier molecular flexibility index (Phi) is 5.33. The number of esters is 1. The molecule has 1 aliphatic heterocycles. The summed E-state index contributed by atoms with van der Waals surface area (Å²) in [6.07, 6.45) is -4.50. The standard InChI is InChI=1S/C18H19F4N3O3/c1-3-28-17(27)12-10-25(18(20,21)22)14-9-15(13(19)8-11(14)16(12)26)24-6-4-23(2)5-7-24/h8-10H,3-7H2,1-2H3. The van der Waals surface area contributed by atoms with Crippen molar-refractivity contribution in [2.24, 2.45) is 0 Å². The maximum Gasteiger partial charge on any atom is 0.488 e. The van der Waals surface area contributed by atoms with Crippen LogP contribution < -0.4 is 10.3 Å². The first-order chi connectivity index (χ1) is 13.1. The van der Waals surface area contributed by atoms with E-state index in [0.29, 0.717) is 32.4 Å². The van der Waals surface area contributed by atoms with Crippen LogP contribution in [0.1, 0.15) is 17.3 Å². The van der Waals surface area contributed by atoms with Gasteiger partial charge in [-0.2, -0.15) is 0 Å². The smallest absolute Gasteiger partial charge is 0.462 e. The lowest BCUT2D eigenvalue weighted by Gasteiger charge is -2.34. The van der Waals surface area contributed by atoms with Gasteiger partial charge in [0.25, 0.3) is 0 Å². The van der Waals surface area contributed by atoms with Crippen molar-refractivity contribution in [2.45, 2.75) is 13.2 Å². The van der Waals surface area contributed by atoms with Gasteiger partial charge in [-0.05, 0) is 26.1 Å². The molecule has 6 nitrogen and oxygen atoms in total. The minimum atomic E-state index is -4.91. The van der Waals surface area contributed by atoms with Gasteiger partial charge in [0.1, 0.15) is 11.4 Å². The number of carbonyl (C=O) groups is 1. The molecule has 1 aromatic heterocycles. The first kappa shape index (κ1) is 20.1. The highest BCUT2D eigenvalue weighted by molar-refractivity contribution is 5.94. The molecule has 0 atom stereocenters. The number of nitrogens with zero attached hydrogens (tertiary/aromatic N) is 3. The lowest BCUT2D eigenvalue weighted by molar-refractivity contribution is -0.201. The normalized spacial score (nSPS) is 15.9. The summed E-state index contributed by atoms with van der Waals surface area (Å²) >= 11 is 0. The molecule has 0 amide bonds. The number of likely N-dealkylation sites (N-methyl/N-ethyl adjacent to an activating group) is 1. The van der Waals surface area contributed by atoms with E-state index in [1.165, 1.54) is 6.92 Å². The lowest BCUT2D eigenvalue weighted by atomic mass is 10.1. The van der Waals surface area contributed by atoms with Crippen LogP contribution in [0.3, 0.4) is 0 Å². The van der Waals surface area contributed by atoms with Gasteiger partial charge in [-0.25, -0.2) is 9.18 Å². The van der Waals surface area contributed by atoms with Crippen molar-refractivity contribution in [2.75, 3.05) is 44.7 Å². The number of fused-ring (bicyclic) bond motifs is 1. The third-order valence-electron chi connectivity index (χ3n) is 4.68. The third kappa shape index (κ3) is 3.68. The van der Waals surface area contributed by atoms with Gasteiger partial charge in [0.2, 0.25) is 5.43 Å². The Morgan fingerprint density at radius 3 is 2.39 bits per heavy atom. The van der Waals surface area contributed by atoms with Crippen molar-refractivity contribution in [3.05, 3.63) is 39.9 Å². The molecule has 10 heteroatoms. The zero-order valence-electron chi connectivity index (χ0n) is 15.3. The van der Waals surface area contributed by atoms with Crippen LogP contribution in [0, 0.1) is 5.82 Å². The van der Waals surface area contributed by atoms with Crippen LogP contribution in [-0.4, -0.2) is 55.3 Å². The fourth-order valence-corrected chi connectivity index (χ4v) is 3.19. The van der Waals surface area contributed by atoms with E-state index in [2.05, 4.69) is 4.74 Å². The molecule has 0 N–H and O–H groups in total. The van der Waals surface area contributed by atoms with Crippen LogP contribution in [0.15, 0.2) is 23.1 Å². The number of alkyl halides is 3. The monoisotopic (exact) mass is 401 g/mol. The molecule has 1 fully saturated rings. The highest BCUT2D eigenvalue weighted by Crippen LogP contribution is 2.31. The summed E-state index contributed by atoms with van der Waals surface area (Å²) < 4.78 is 60.0. The molecule has 1 saturated heterocycles. The molecule has 2 heterocycles. The summed E-state index contributed by atoms with van der Waals surface area (Å²) in [5, 5.41) is -0.529. The van der Waals surface area contributed by atoms with Crippen LogP contribution in [0.5, 0.6) is 0 Å². The van der Waals surface area contributed by atoms with Gasteiger partial charge in [0, 0.05) is 37.8 Å². The SMILES string of the molecule is CCOC(=O)c1cn(C(F)(F)F)c2cc(N3CCN(C)CC3)c(F)cc2c1=O. The van der Waals surface area contributed by atoms with Crippen LogP contribution in [0.4, 0.5) is 23.2 Å². The second kappa shape index (κ2) is 7.42. The van der Waals surface area contributed by atoms with Crippen LogP contribution >= 0.6 is 0 Å². The van der Waals surface area contributed by atoms with Crippen molar-refractivity contribution in [3.63, 3.8) is 0 Å². The van der Waals surface area contributed by atoms with Gasteiger partial charge < -0.3 is 14.5 Å². The van der Waals surface area contributed by atoms with Gasteiger partial charge in [0.05, 0.1) is 17.8 Å². The van der Waals surface area contributed by atoms with Crippen molar-refractivity contribution in [3.8, 4) is 0 Å². The Morgan fingerprint density at radius 2 is 1.82 bits per heavy atom. The average Bonchev–Trinajstić information content (AvgIpc) is 2.62. The molecule has 0 aliphatic carbocycles. The number of carbonyl (C=O) groups excluding carboxylic acids is 1. The fourth-order valence-electron chi connectivity index (χ4n) is 3.19. The summed E-state index contributed by atoms with van der Waals surface area (Å²) in [7, 11) is 1.90. The number of anilines is 1. The number of benzene rings is 1. The van der Waals surface area contributed by atoms with E-state index in [-0.39, 0.29) is 16.9 Å². The molecule has 0 saturated carbocycles. The van der Waals surface area contributed by atoms with Crippen LogP contribution in [0.25, 0.3) is 10.9 Å². The fraction of sp³-hybridized carbons (Fsp3) is 0.444. The highest BCUT2D eigenvalue weighted by atomic mass is 19.4. The summed E-state index contributed by atoms with van der Waals surface area (Å²) in [5.41, 5.74) is -2.32. The van der Waals surface area contributed by atoms with Gasteiger partial charge >= 0.3 is 12.3 Å². The maximum absolute atomic E-state index is 14.7. The Balaban J connectivity index is 2.23. The summed E-state index contributed by atoms with van der Waals surface area (Å²) in [6, 6.07) is 1.77. The Bertz CT molecular complexity index is 963. The second-order valence-corrected chi connectivity index (χ2v) is 6.54. The molecule has 0 bridgehead atoms. The lowest BCUT2D eigenvalue weighted by Crippen LogP contribution is -2.44. The van der Waals surface area contributed by atoms with E-state index in [0.717, 1.165) is 12.1 Å². The predicted octanol–water partition coefficient (Wildman–Crippen LogP) is 2.55. The minimum absolute atomic E-state index is 0.0121. The predicted molar refractivity (Wildman–Crippen MR) is 95.1 cm³/mol. The Labute approximate surface area is 157 Å². The van der Waals surface area contributed by atoms with Gasteiger partial charge in [-0.1, -0.05) is 0 Å². The molecule has 3 rings (SSSR count).